The molecule has 0 radical (unpaired) electrons. The molecular formula is C28H38N2O2. The number of aliphatic hydroxyl groups is 1. The number of rotatable bonds is 2. The van der Waals surface area contributed by atoms with Crippen molar-refractivity contribution in [2.75, 3.05) is 7.11 Å². The number of nitrogens with zero attached hydrogens (tertiary/aromatic N) is 2. The van der Waals surface area contributed by atoms with Crippen LogP contribution < -0.4 is 4.74 Å². The summed E-state index contributed by atoms with van der Waals surface area (Å²) in [5, 5.41) is 15.9. The van der Waals surface area contributed by atoms with Crippen LogP contribution in [0.1, 0.15) is 69.3 Å². The molecule has 1 heterocycles. The normalized spacial score (nSPS) is 40.2. The highest BCUT2D eigenvalue weighted by atomic mass is 16.5. The summed E-state index contributed by atoms with van der Waals surface area (Å²) in [5.74, 6) is 3.94. The van der Waals surface area contributed by atoms with Crippen molar-refractivity contribution in [3.05, 3.63) is 41.2 Å². The van der Waals surface area contributed by atoms with Crippen LogP contribution in [0.2, 0.25) is 0 Å². The van der Waals surface area contributed by atoms with E-state index in [1.54, 1.807) is 7.11 Å². The lowest BCUT2D eigenvalue weighted by molar-refractivity contribution is -0.111. The molecule has 0 spiro atoms. The molecule has 4 aliphatic rings. The van der Waals surface area contributed by atoms with Gasteiger partial charge in [0.2, 0.25) is 0 Å². The van der Waals surface area contributed by atoms with E-state index in [4.69, 9.17) is 9.84 Å². The second-order valence-corrected chi connectivity index (χ2v) is 11.8. The van der Waals surface area contributed by atoms with Crippen molar-refractivity contribution in [1.29, 1.82) is 0 Å². The van der Waals surface area contributed by atoms with Crippen molar-refractivity contribution < 1.29 is 9.84 Å². The standard InChI is InChI=1S/C28H38N2O2/c1-17-22-16-28(3)18(15-25(22)29-30(17)19-6-8-20(32-4)9-7-19)5-10-21-23-11-12-26(31)27(23,2)14-13-24(21)28/h6-9,18,21,23-24,26,31H,5,10-16H2,1-4H3/t18-,21-,23-,24-,26-,27-,28-/m0/s1. The number of fused-ring (bicyclic) bond motifs is 6. The van der Waals surface area contributed by atoms with Gasteiger partial charge in [-0.2, -0.15) is 5.10 Å². The van der Waals surface area contributed by atoms with E-state index in [0.717, 1.165) is 48.0 Å². The molecule has 6 rings (SSSR count). The maximum absolute atomic E-state index is 10.8. The van der Waals surface area contributed by atoms with Crippen LogP contribution in [0.25, 0.3) is 5.69 Å². The Kier molecular flexibility index (Phi) is 4.60. The molecule has 172 valence electrons. The van der Waals surface area contributed by atoms with Gasteiger partial charge in [-0.25, -0.2) is 4.68 Å². The number of methoxy groups -OCH3 is 1. The lowest BCUT2D eigenvalue weighted by Crippen LogP contribution is -2.54. The zero-order valence-corrected chi connectivity index (χ0v) is 20.1. The molecule has 1 aromatic heterocycles. The molecule has 0 saturated heterocycles. The average molecular weight is 435 g/mol. The predicted molar refractivity (Wildman–Crippen MR) is 126 cm³/mol. The summed E-state index contributed by atoms with van der Waals surface area (Å²) in [5.41, 5.74) is 5.79. The number of aromatic nitrogens is 2. The molecule has 0 amide bonds. The smallest absolute Gasteiger partial charge is 0.119 e. The van der Waals surface area contributed by atoms with Gasteiger partial charge in [-0.1, -0.05) is 13.8 Å². The third-order valence-corrected chi connectivity index (χ3v) is 10.7. The minimum absolute atomic E-state index is 0.0816. The van der Waals surface area contributed by atoms with Gasteiger partial charge in [0.1, 0.15) is 5.75 Å². The van der Waals surface area contributed by atoms with E-state index in [1.807, 2.05) is 12.1 Å². The minimum atomic E-state index is -0.0816. The number of hydrogen-bond donors (Lipinski definition) is 1. The van der Waals surface area contributed by atoms with Crippen LogP contribution in [0, 0.1) is 41.4 Å². The number of hydrogen-bond acceptors (Lipinski definition) is 3. The third kappa shape index (κ3) is 2.74. The molecule has 0 unspecified atom stereocenters. The molecule has 3 fully saturated rings. The minimum Gasteiger partial charge on any atom is -0.497 e. The van der Waals surface area contributed by atoms with Crippen LogP contribution in [0.5, 0.6) is 5.75 Å². The Bertz CT molecular complexity index is 1030. The molecule has 7 atom stereocenters. The largest absolute Gasteiger partial charge is 0.497 e. The highest BCUT2D eigenvalue weighted by molar-refractivity contribution is 5.42. The summed E-state index contributed by atoms with van der Waals surface area (Å²) in [6.45, 7) is 7.25. The molecule has 0 aliphatic heterocycles. The van der Waals surface area contributed by atoms with Crippen LogP contribution in [0.3, 0.4) is 0 Å². The van der Waals surface area contributed by atoms with Crippen molar-refractivity contribution >= 4 is 0 Å². The first-order valence-corrected chi connectivity index (χ1v) is 12.7. The summed E-state index contributed by atoms with van der Waals surface area (Å²) in [7, 11) is 1.71. The first kappa shape index (κ1) is 20.8. The maximum Gasteiger partial charge on any atom is 0.119 e. The van der Waals surface area contributed by atoms with Gasteiger partial charge in [0, 0.05) is 5.69 Å². The highest BCUT2D eigenvalue weighted by Crippen LogP contribution is 2.65. The van der Waals surface area contributed by atoms with E-state index in [1.165, 1.54) is 55.5 Å². The molecule has 4 aliphatic carbocycles. The van der Waals surface area contributed by atoms with Gasteiger partial charge in [-0.3, -0.25) is 0 Å². The van der Waals surface area contributed by atoms with E-state index in [9.17, 15) is 5.11 Å². The van der Waals surface area contributed by atoms with Crippen LogP contribution >= 0.6 is 0 Å². The Morgan fingerprint density at radius 1 is 1.00 bits per heavy atom. The first-order chi connectivity index (χ1) is 15.3. The van der Waals surface area contributed by atoms with Gasteiger partial charge in [0.25, 0.3) is 0 Å². The Hall–Kier alpha value is -1.81. The summed E-state index contributed by atoms with van der Waals surface area (Å²) < 4.78 is 7.50. The Morgan fingerprint density at radius 2 is 1.75 bits per heavy atom. The van der Waals surface area contributed by atoms with Gasteiger partial charge in [-0.05, 0) is 123 Å². The second-order valence-electron chi connectivity index (χ2n) is 11.8. The van der Waals surface area contributed by atoms with Crippen molar-refractivity contribution in [2.24, 2.45) is 34.5 Å². The lowest BCUT2D eigenvalue weighted by atomic mass is 9.45. The van der Waals surface area contributed by atoms with Gasteiger partial charge in [-0.15, -0.1) is 0 Å². The van der Waals surface area contributed by atoms with Crippen molar-refractivity contribution in [3.8, 4) is 11.4 Å². The zero-order chi connectivity index (χ0) is 22.3. The topological polar surface area (TPSA) is 47.3 Å². The summed E-state index contributed by atoms with van der Waals surface area (Å²) in [6, 6.07) is 8.28. The van der Waals surface area contributed by atoms with Crippen LogP contribution in [-0.2, 0) is 12.8 Å². The zero-order valence-electron chi connectivity index (χ0n) is 20.1. The fraction of sp³-hybridized carbons (Fsp3) is 0.679. The Balaban J connectivity index is 1.33. The lowest BCUT2D eigenvalue weighted by Gasteiger charge is -2.60. The monoisotopic (exact) mass is 434 g/mol. The van der Waals surface area contributed by atoms with Gasteiger partial charge in [0.15, 0.2) is 0 Å². The molecule has 4 heteroatoms. The molecule has 1 N–H and O–H groups in total. The molecular weight excluding hydrogens is 396 g/mol. The molecule has 1 aromatic carbocycles. The summed E-state index contributed by atoms with van der Waals surface area (Å²) >= 11 is 0. The average Bonchev–Trinajstić information content (AvgIpc) is 3.28. The molecule has 0 bridgehead atoms. The Labute approximate surface area is 192 Å². The van der Waals surface area contributed by atoms with Crippen molar-refractivity contribution in [2.45, 2.75) is 78.2 Å². The molecule has 3 saturated carbocycles. The highest BCUT2D eigenvalue weighted by Gasteiger charge is 2.60. The van der Waals surface area contributed by atoms with E-state index in [-0.39, 0.29) is 11.5 Å². The molecule has 32 heavy (non-hydrogen) atoms. The second kappa shape index (κ2) is 7.09. The van der Waals surface area contributed by atoms with Crippen molar-refractivity contribution in [3.63, 3.8) is 0 Å². The van der Waals surface area contributed by atoms with Gasteiger partial charge < -0.3 is 9.84 Å². The van der Waals surface area contributed by atoms with Crippen LogP contribution in [-0.4, -0.2) is 28.1 Å². The number of ether oxygens (including phenoxy) is 1. The predicted octanol–water partition coefficient (Wildman–Crippen LogP) is 5.51. The van der Waals surface area contributed by atoms with E-state index in [2.05, 4.69) is 37.6 Å². The first-order valence-electron chi connectivity index (χ1n) is 12.7. The number of aliphatic hydroxyl groups excluding tert-OH is 1. The Morgan fingerprint density at radius 3 is 2.50 bits per heavy atom. The maximum atomic E-state index is 10.8. The van der Waals surface area contributed by atoms with E-state index < -0.39 is 0 Å². The quantitative estimate of drug-likeness (QED) is 0.678. The fourth-order valence-corrected chi connectivity index (χ4v) is 8.69. The van der Waals surface area contributed by atoms with Gasteiger partial charge in [0.05, 0.1) is 24.6 Å². The van der Waals surface area contributed by atoms with Gasteiger partial charge >= 0.3 is 0 Å². The van der Waals surface area contributed by atoms with E-state index in [0.29, 0.717) is 5.41 Å². The van der Waals surface area contributed by atoms with Crippen molar-refractivity contribution in [1.82, 2.24) is 9.78 Å². The fourth-order valence-electron chi connectivity index (χ4n) is 8.69. The van der Waals surface area contributed by atoms with E-state index >= 15 is 0 Å². The summed E-state index contributed by atoms with van der Waals surface area (Å²) in [4.78, 5) is 0. The molecule has 4 nitrogen and oxygen atoms in total. The SMILES string of the molecule is COc1ccc(-n2nc3c(c2C)C[C@@]2(C)[C@@H](CC[C@@H]4[C@@H]2CC[C@]2(C)[C@@H](O)CC[C@@H]42)C3)cc1. The number of benzene rings is 1. The van der Waals surface area contributed by atoms with Crippen LogP contribution in [0.15, 0.2) is 24.3 Å². The molecule has 2 aromatic rings. The van der Waals surface area contributed by atoms with Crippen LogP contribution in [0.4, 0.5) is 0 Å². The summed E-state index contributed by atoms with van der Waals surface area (Å²) in [6.07, 6.45) is 9.65. The third-order valence-electron chi connectivity index (χ3n) is 10.7.